The van der Waals surface area contributed by atoms with Crippen LogP contribution < -0.4 is 20.5 Å². The molecule has 6 nitrogen and oxygen atoms in total. The standard InChI is InChI=1S/C22H19N3O3/c23-21-25-22(13-26-21,15-5-2-1-3-6-15)16-7-4-8-17(11-16)24-18-9-10-19-20(12-18)28-14-27-19/h1-12,24H,13-14H2,(H2,23,25). The maximum absolute atomic E-state index is 5.89. The fourth-order valence-corrected chi connectivity index (χ4v) is 3.60. The molecular formula is C22H19N3O3. The van der Waals surface area contributed by atoms with Crippen LogP contribution >= 0.6 is 0 Å². The van der Waals surface area contributed by atoms with E-state index in [4.69, 9.17) is 19.9 Å². The van der Waals surface area contributed by atoms with Gasteiger partial charge in [-0.2, -0.15) is 0 Å². The van der Waals surface area contributed by atoms with Crippen molar-refractivity contribution in [3.05, 3.63) is 83.9 Å². The van der Waals surface area contributed by atoms with Crippen molar-refractivity contribution in [2.75, 3.05) is 18.7 Å². The van der Waals surface area contributed by atoms with Gasteiger partial charge in [0.25, 0.3) is 6.02 Å². The van der Waals surface area contributed by atoms with Gasteiger partial charge in [0.05, 0.1) is 0 Å². The Labute approximate surface area is 162 Å². The third-order valence-electron chi connectivity index (χ3n) is 4.98. The first-order chi connectivity index (χ1) is 13.7. The van der Waals surface area contributed by atoms with Crippen molar-refractivity contribution in [1.29, 1.82) is 0 Å². The van der Waals surface area contributed by atoms with Crippen LogP contribution in [0.3, 0.4) is 0 Å². The van der Waals surface area contributed by atoms with Crippen LogP contribution in [0.2, 0.25) is 0 Å². The highest BCUT2D eigenvalue weighted by molar-refractivity contribution is 5.75. The number of anilines is 2. The first kappa shape index (κ1) is 16.5. The monoisotopic (exact) mass is 373 g/mol. The number of fused-ring (bicyclic) bond motifs is 1. The Morgan fingerprint density at radius 3 is 2.39 bits per heavy atom. The highest BCUT2D eigenvalue weighted by atomic mass is 16.7. The highest BCUT2D eigenvalue weighted by Crippen LogP contribution is 2.39. The molecule has 3 aromatic rings. The molecule has 0 radical (unpaired) electrons. The topological polar surface area (TPSA) is 78.1 Å². The summed E-state index contributed by atoms with van der Waals surface area (Å²) in [7, 11) is 0. The molecule has 0 fully saturated rings. The van der Waals surface area contributed by atoms with Gasteiger partial charge in [-0.1, -0.05) is 42.5 Å². The van der Waals surface area contributed by atoms with Crippen molar-refractivity contribution in [2.24, 2.45) is 10.7 Å². The number of aliphatic imine (C=N–C) groups is 1. The molecule has 3 N–H and O–H groups in total. The molecule has 2 heterocycles. The molecule has 0 spiro atoms. The summed E-state index contributed by atoms with van der Waals surface area (Å²) in [5, 5.41) is 3.42. The number of hydrogen-bond acceptors (Lipinski definition) is 6. The van der Waals surface area contributed by atoms with E-state index >= 15 is 0 Å². The molecule has 3 aromatic carbocycles. The van der Waals surface area contributed by atoms with Crippen LogP contribution in [0.5, 0.6) is 11.5 Å². The van der Waals surface area contributed by atoms with Crippen LogP contribution in [-0.4, -0.2) is 19.4 Å². The third-order valence-corrected chi connectivity index (χ3v) is 4.98. The van der Waals surface area contributed by atoms with Crippen molar-refractivity contribution < 1.29 is 14.2 Å². The van der Waals surface area contributed by atoms with Gasteiger partial charge in [-0.05, 0) is 35.4 Å². The normalized spacial score (nSPS) is 19.8. The zero-order chi connectivity index (χ0) is 19.0. The van der Waals surface area contributed by atoms with Gasteiger partial charge >= 0.3 is 0 Å². The molecule has 0 saturated heterocycles. The lowest BCUT2D eigenvalue weighted by Gasteiger charge is -2.25. The second kappa shape index (κ2) is 6.49. The number of nitrogens with zero attached hydrogens (tertiary/aromatic N) is 1. The summed E-state index contributed by atoms with van der Waals surface area (Å²) in [5.41, 5.74) is 9.13. The van der Waals surface area contributed by atoms with Crippen LogP contribution in [0.1, 0.15) is 11.1 Å². The van der Waals surface area contributed by atoms with Crippen molar-refractivity contribution in [3.63, 3.8) is 0 Å². The summed E-state index contributed by atoms with van der Waals surface area (Å²) >= 11 is 0. The lowest BCUT2D eigenvalue weighted by Crippen LogP contribution is -2.27. The molecule has 0 aromatic heterocycles. The predicted octanol–water partition coefficient (Wildman–Crippen LogP) is 3.75. The van der Waals surface area contributed by atoms with Gasteiger partial charge in [0, 0.05) is 17.4 Å². The molecule has 5 rings (SSSR count). The van der Waals surface area contributed by atoms with Crippen LogP contribution in [0.15, 0.2) is 77.8 Å². The lowest BCUT2D eigenvalue weighted by molar-refractivity contribution is 0.174. The maximum atomic E-state index is 5.89. The molecule has 1 atom stereocenters. The molecule has 1 unspecified atom stereocenters. The first-order valence-corrected chi connectivity index (χ1v) is 9.04. The number of amidine groups is 1. The quantitative estimate of drug-likeness (QED) is 0.728. The zero-order valence-electron chi connectivity index (χ0n) is 15.1. The van der Waals surface area contributed by atoms with Crippen LogP contribution in [0.4, 0.5) is 11.4 Å². The predicted molar refractivity (Wildman–Crippen MR) is 107 cm³/mol. The fourth-order valence-electron chi connectivity index (χ4n) is 3.60. The average molecular weight is 373 g/mol. The summed E-state index contributed by atoms with van der Waals surface area (Å²) in [6.45, 7) is 0.629. The van der Waals surface area contributed by atoms with Gasteiger partial charge in [-0.3, -0.25) is 0 Å². The molecule has 0 saturated carbocycles. The average Bonchev–Trinajstić information content (AvgIpc) is 3.36. The second-order valence-electron chi connectivity index (χ2n) is 6.74. The molecule has 28 heavy (non-hydrogen) atoms. The van der Waals surface area contributed by atoms with Crippen molar-refractivity contribution in [2.45, 2.75) is 5.54 Å². The molecule has 2 aliphatic rings. The highest BCUT2D eigenvalue weighted by Gasteiger charge is 2.40. The Hall–Kier alpha value is -3.67. The molecular weight excluding hydrogens is 354 g/mol. The molecule has 6 heteroatoms. The van der Waals surface area contributed by atoms with E-state index in [1.165, 1.54) is 0 Å². The Morgan fingerprint density at radius 1 is 0.786 bits per heavy atom. The number of benzene rings is 3. The van der Waals surface area contributed by atoms with E-state index in [0.717, 1.165) is 34.0 Å². The fraction of sp³-hybridized carbons (Fsp3) is 0.136. The smallest absolute Gasteiger partial charge is 0.283 e. The summed E-state index contributed by atoms with van der Waals surface area (Å²) in [5.74, 6) is 1.50. The van der Waals surface area contributed by atoms with E-state index in [1.807, 2.05) is 66.7 Å². The maximum Gasteiger partial charge on any atom is 0.283 e. The van der Waals surface area contributed by atoms with Crippen LogP contribution in [0.25, 0.3) is 0 Å². The van der Waals surface area contributed by atoms with Crippen LogP contribution in [-0.2, 0) is 10.3 Å². The van der Waals surface area contributed by atoms with Gasteiger partial charge in [0.15, 0.2) is 17.0 Å². The minimum Gasteiger partial charge on any atom is -0.462 e. The Bertz CT molecular complexity index is 1050. The van der Waals surface area contributed by atoms with Gasteiger partial charge in [0.1, 0.15) is 6.61 Å². The SMILES string of the molecule is NC1=NC(c2ccccc2)(c2cccc(Nc3ccc4c(c3)OCO4)c2)CO1. The largest absolute Gasteiger partial charge is 0.462 e. The van der Waals surface area contributed by atoms with E-state index < -0.39 is 5.54 Å². The van der Waals surface area contributed by atoms with Gasteiger partial charge < -0.3 is 25.3 Å². The number of rotatable bonds is 4. The Morgan fingerprint density at radius 2 is 1.57 bits per heavy atom. The van der Waals surface area contributed by atoms with E-state index in [0.29, 0.717) is 6.61 Å². The zero-order valence-corrected chi connectivity index (χ0v) is 15.1. The number of ether oxygens (including phenoxy) is 3. The van der Waals surface area contributed by atoms with E-state index in [-0.39, 0.29) is 12.8 Å². The van der Waals surface area contributed by atoms with E-state index in [1.54, 1.807) is 0 Å². The summed E-state index contributed by atoms with van der Waals surface area (Å²) in [6, 6.07) is 24.2. The second-order valence-corrected chi connectivity index (χ2v) is 6.74. The molecule has 0 amide bonds. The number of nitrogens with one attached hydrogen (secondary N) is 1. The van der Waals surface area contributed by atoms with Gasteiger partial charge in [0.2, 0.25) is 6.79 Å². The molecule has 2 aliphatic heterocycles. The Kier molecular flexibility index (Phi) is 3.83. The van der Waals surface area contributed by atoms with Crippen molar-refractivity contribution in [1.82, 2.24) is 0 Å². The van der Waals surface area contributed by atoms with Crippen molar-refractivity contribution in [3.8, 4) is 11.5 Å². The first-order valence-electron chi connectivity index (χ1n) is 9.04. The number of nitrogens with two attached hydrogens (primary N) is 1. The molecule has 140 valence electrons. The minimum absolute atomic E-state index is 0.206. The van der Waals surface area contributed by atoms with E-state index in [9.17, 15) is 0 Å². The van der Waals surface area contributed by atoms with Crippen molar-refractivity contribution >= 4 is 17.4 Å². The summed E-state index contributed by atoms with van der Waals surface area (Å²) in [4.78, 5) is 4.66. The third kappa shape index (κ3) is 2.79. The molecule has 0 bridgehead atoms. The summed E-state index contributed by atoms with van der Waals surface area (Å²) in [6.07, 6.45) is 0. The van der Waals surface area contributed by atoms with E-state index in [2.05, 4.69) is 16.4 Å². The summed E-state index contributed by atoms with van der Waals surface area (Å²) < 4.78 is 16.4. The number of hydrogen-bond donors (Lipinski definition) is 2. The van der Waals surface area contributed by atoms with Gasteiger partial charge in [-0.25, -0.2) is 4.99 Å². The molecule has 0 aliphatic carbocycles. The van der Waals surface area contributed by atoms with Crippen LogP contribution in [0, 0.1) is 0 Å². The minimum atomic E-state index is -0.655. The Balaban J connectivity index is 1.51. The lowest BCUT2D eigenvalue weighted by atomic mass is 9.84. The van der Waals surface area contributed by atoms with Gasteiger partial charge in [-0.15, -0.1) is 0 Å².